The van der Waals surface area contributed by atoms with Crippen LogP contribution in [0.2, 0.25) is 0 Å². The van der Waals surface area contributed by atoms with Crippen molar-refractivity contribution >= 4 is 22.7 Å². The van der Waals surface area contributed by atoms with Crippen LogP contribution in [0.1, 0.15) is 26.3 Å². The summed E-state index contributed by atoms with van der Waals surface area (Å²) in [4.78, 5) is 23.8. The molecule has 0 saturated carbocycles. The molecule has 0 radical (unpaired) electrons. The molecule has 0 aliphatic heterocycles. The molecule has 0 amide bonds. The highest BCUT2D eigenvalue weighted by atomic mass is 16.6. The van der Waals surface area contributed by atoms with E-state index in [0.29, 0.717) is 5.56 Å². The zero-order valence-electron chi connectivity index (χ0n) is 13.7. The first-order chi connectivity index (χ1) is 10.9. The monoisotopic (exact) mass is 316 g/mol. The Hall–Kier alpha value is -2.56. The first kappa shape index (κ1) is 16.8. The van der Waals surface area contributed by atoms with Crippen LogP contribution in [0.15, 0.2) is 36.4 Å². The smallest absolute Gasteiger partial charge is 0.355 e. The number of carbonyl (C=O) groups is 2. The van der Waals surface area contributed by atoms with Crippen LogP contribution in [0.5, 0.6) is 5.75 Å². The average molecular weight is 316 g/mol. The second-order valence-corrected chi connectivity index (χ2v) is 5.28. The van der Waals surface area contributed by atoms with E-state index >= 15 is 0 Å². The van der Waals surface area contributed by atoms with E-state index in [-0.39, 0.29) is 6.61 Å². The molecule has 0 bridgehead atoms. The molecule has 1 atom stereocenters. The van der Waals surface area contributed by atoms with Gasteiger partial charge in [0, 0.05) is 12.5 Å². The molecule has 2 aromatic carbocycles. The Morgan fingerprint density at radius 1 is 1.09 bits per heavy atom. The second kappa shape index (κ2) is 6.69. The Bertz CT molecular complexity index is 737. The van der Waals surface area contributed by atoms with Gasteiger partial charge in [-0.15, -0.1) is 0 Å². The minimum atomic E-state index is -1.48. The Kier molecular flexibility index (Phi) is 4.89. The molecule has 0 spiro atoms. The average Bonchev–Trinajstić information content (AvgIpc) is 2.53. The van der Waals surface area contributed by atoms with Gasteiger partial charge in [-0.1, -0.05) is 18.2 Å². The lowest BCUT2D eigenvalue weighted by Crippen LogP contribution is -2.38. The summed E-state index contributed by atoms with van der Waals surface area (Å²) >= 11 is 0. The molecule has 0 N–H and O–H groups in total. The van der Waals surface area contributed by atoms with Crippen LogP contribution in [0, 0.1) is 0 Å². The van der Waals surface area contributed by atoms with Crippen LogP contribution in [0.4, 0.5) is 0 Å². The Balaban J connectivity index is 2.51. The standard InChI is InChI=1S/C18H20O5/c1-5-22-17(20)18(3,23-12(2)19)15-8-6-14-11-16(21-4)9-7-13(14)10-15/h6-11H,5H2,1-4H3. The van der Waals surface area contributed by atoms with E-state index in [1.54, 1.807) is 20.1 Å². The molecule has 0 saturated heterocycles. The van der Waals surface area contributed by atoms with Gasteiger partial charge in [-0.3, -0.25) is 4.79 Å². The first-order valence-corrected chi connectivity index (χ1v) is 7.35. The van der Waals surface area contributed by atoms with Crippen LogP contribution in [-0.2, 0) is 24.7 Å². The summed E-state index contributed by atoms with van der Waals surface area (Å²) in [5.74, 6) is -0.392. The van der Waals surface area contributed by atoms with Crippen LogP contribution in [-0.4, -0.2) is 25.7 Å². The van der Waals surface area contributed by atoms with E-state index in [1.807, 2.05) is 30.3 Å². The summed E-state index contributed by atoms with van der Waals surface area (Å²) in [6.07, 6.45) is 0. The minimum Gasteiger partial charge on any atom is -0.497 e. The number of fused-ring (bicyclic) bond motifs is 1. The van der Waals surface area contributed by atoms with E-state index < -0.39 is 17.5 Å². The Morgan fingerprint density at radius 3 is 2.35 bits per heavy atom. The number of hydrogen-bond acceptors (Lipinski definition) is 5. The quantitative estimate of drug-likeness (QED) is 0.793. The van der Waals surface area contributed by atoms with Gasteiger partial charge < -0.3 is 14.2 Å². The molecule has 0 heterocycles. The molecule has 5 heteroatoms. The molecule has 2 rings (SSSR count). The summed E-state index contributed by atoms with van der Waals surface area (Å²) in [6, 6.07) is 11.0. The van der Waals surface area contributed by atoms with Crippen LogP contribution < -0.4 is 4.74 Å². The van der Waals surface area contributed by atoms with Gasteiger partial charge in [0.2, 0.25) is 5.60 Å². The number of ether oxygens (including phenoxy) is 3. The molecule has 0 aromatic heterocycles. The number of carbonyl (C=O) groups excluding carboxylic acids is 2. The molecular weight excluding hydrogens is 296 g/mol. The summed E-state index contributed by atoms with van der Waals surface area (Å²) < 4.78 is 15.6. The fourth-order valence-corrected chi connectivity index (χ4v) is 2.42. The topological polar surface area (TPSA) is 61.8 Å². The van der Waals surface area contributed by atoms with Crippen LogP contribution >= 0.6 is 0 Å². The maximum absolute atomic E-state index is 12.3. The molecule has 5 nitrogen and oxygen atoms in total. The molecule has 2 aromatic rings. The van der Waals surface area contributed by atoms with Gasteiger partial charge in [0.1, 0.15) is 5.75 Å². The molecule has 1 unspecified atom stereocenters. The van der Waals surface area contributed by atoms with E-state index in [9.17, 15) is 9.59 Å². The summed E-state index contributed by atoms with van der Waals surface area (Å²) in [5.41, 5.74) is -0.917. The highest BCUT2D eigenvalue weighted by molar-refractivity contribution is 5.89. The third-order valence-corrected chi connectivity index (χ3v) is 3.61. The highest BCUT2D eigenvalue weighted by Crippen LogP contribution is 2.31. The van der Waals surface area contributed by atoms with Crippen LogP contribution in [0.25, 0.3) is 10.8 Å². The normalized spacial score (nSPS) is 13.2. The lowest BCUT2D eigenvalue weighted by atomic mass is 9.93. The second-order valence-electron chi connectivity index (χ2n) is 5.28. The van der Waals surface area contributed by atoms with Gasteiger partial charge in [-0.25, -0.2) is 4.79 Å². The molecular formula is C18H20O5. The number of rotatable bonds is 5. The van der Waals surface area contributed by atoms with E-state index in [4.69, 9.17) is 14.2 Å². The maximum atomic E-state index is 12.3. The van der Waals surface area contributed by atoms with Gasteiger partial charge in [0.05, 0.1) is 13.7 Å². The van der Waals surface area contributed by atoms with Crippen LogP contribution in [0.3, 0.4) is 0 Å². The van der Waals surface area contributed by atoms with Crippen molar-refractivity contribution in [2.75, 3.05) is 13.7 Å². The van der Waals surface area contributed by atoms with E-state index in [2.05, 4.69) is 0 Å². The number of methoxy groups -OCH3 is 1. The molecule has 0 aliphatic rings. The maximum Gasteiger partial charge on any atom is 0.355 e. The van der Waals surface area contributed by atoms with Crippen molar-refractivity contribution in [2.24, 2.45) is 0 Å². The zero-order valence-corrected chi connectivity index (χ0v) is 13.7. The predicted octanol–water partition coefficient (Wildman–Crippen LogP) is 3.19. The molecule has 23 heavy (non-hydrogen) atoms. The van der Waals surface area contributed by atoms with Crippen molar-refractivity contribution in [3.8, 4) is 5.75 Å². The van der Waals surface area contributed by atoms with Gasteiger partial charge in [0.15, 0.2) is 0 Å². The number of esters is 2. The molecule has 0 fully saturated rings. The zero-order chi connectivity index (χ0) is 17.0. The number of hydrogen-bond donors (Lipinski definition) is 0. The van der Waals surface area contributed by atoms with Crippen molar-refractivity contribution in [2.45, 2.75) is 26.4 Å². The predicted molar refractivity (Wildman–Crippen MR) is 86.3 cm³/mol. The third kappa shape index (κ3) is 3.44. The van der Waals surface area contributed by atoms with Gasteiger partial charge in [-0.2, -0.15) is 0 Å². The largest absolute Gasteiger partial charge is 0.497 e. The van der Waals surface area contributed by atoms with Crippen molar-refractivity contribution in [1.29, 1.82) is 0 Å². The Labute approximate surface area is 135 Å². The van der Waals surface area contributed by atoms with Gasteiger partial charge in [-0.05, 0) is 42.8 Å². The minimum absolute atomic E-state index is 0.209. The summed E-state index contributed by atoms with van der Waals surface area (Å²) in [7, 11) is 1.61. The van der Waals surface area contributed by atoms with Crippen molar-refractivity contribution < 1.29 is 23.8 Å². The van der Waals surface area contributed by atoms with E-state index in [1.165, 1.54) is 13.8 Å². The van der Waals surface area contributed by atoms with Gasteiger partial charge >= 0.3 is 11.9 Å². The fraction of sp³-hybridized carbons (Fsp3) is 0.333. The first-order valence-electron chi connectivity index (χ1n) is 7.35. The SMILES string of the molecule is CCOC(=O)C(C)(OC(C)=O)c1ccc2cc(OC)ccc2c1. The highest BCUT2D eigenvalue weighted by Gasteiger charge is 2.40. The van der Waals surface area contributed by atoms with Gasteiger partial charge in [0.25, 0.3) is 0 Å². The fourth-order valence-electron chi connectivity index (χ4n) is 2.42. The third-order valence-electron chi connectivity index (χ3n) is 3.61. The molecule has 122 valence electrons. The molecule has 0 aliphatic carbocycles. The summed E-state index contributed by atoms with van der Waals surface area (Å²) in [6.45, 7) is 4.72. The Morgan fingerprint density at radius 2 is 1.74 bits per heavy atom. The van der Waals surface area contributed by atoms with Crippen molar-refractivity contribution in [3.63, 3.8) is 0 Å². The lowest BCUT2D eigenvalue weighted by Gasteiger charge is -2.27. The van der Waals surface area contributed by atoms with Crippen molar-refractivity contribution in [3.05, 3.63) is 42.0 Å². The van der Waals surface area contributed by atoms with Crippen molar-refractivity contribution in [1.82, 2.24) is 0 Å². The number of benzene rings is 2. The summed E-state index contributed by atoms with van der Waals surface area (Å²) in [5, 5.41) is 1.87. The van der Waals surface area contributed by atoms with E-state index in [0.717, 1.165) is 16.5 Å². The lowest BCUT2D eigenvalue weighted by molar-refractivity contribution is -0.180.